The van der Waals surface area contributed by atoms with Gasteiger partial charge in [-0.05, 0) is 12.1 Å². The molecule has 0 saturated carbocycles. The van der Waals surface area contributed by atoms with Gasteiger partial charge < -0.3 is 5.73 Å². The minimum Gasteiger partial charge on any atom is -0.366 e. The van der Waals surface area contributed by atoms with Gasteiger partial charge in [0.05, 0.1) is 11.1 Å². The summed E-state index contributed by atoms with van der Waals surface area (Å²) in [6.45, 7) is 0. The maximum absolute atomic E-state index is 13.0. The number of hydrogen-bond donors (Lipinski definition) is 1. The van der Waals surface area contributed by atoms with Gasteiger partial charge in [-0.2, -0.15) is 0 Å². The number of hydrogen-bond acceptors (Lipinski definition) is 1. The lowest BCUT2D eigenvalue weighted by molar-refractivity contribution is 0.0994. The van der Waals surface area contributed by atoms with E-state index in [4.69, 9.17) is 0 Å². The summed E-state index contributed by atoms with van der Waals surface area (Å²) in [6.07, 6.45) is -3.19. The molecule has 2 N–H and O–H groups in total. The first-order valence-electron chi connectivity index (χ1n) is 3.50. The number of nitrogens with two attached hydrogens (primary N) is 1. The lowest BCUT2D eigenvalue weighted by atomic mass is 10.1. The Labute approximate surface area is 76.3 Å². The fourth-order valence-electron chi connectivity index (χ4n) is 0.948. The molecule has 0 bridgehead atoms. The highest BCUT2D eigenvalue weighted by atomic mass is 19.3. The van der Waals surface area contributed by atoms with Crippen LogP contribution in [0.15, 0.2) is 12.1 Å². The summed E-state index contributed by atoms with van der Waals surface area (Å²) in [5.74, 6) is -3.90. The van der Waals surface area contributed by atoms with Crippen molar-refractivity contribution in [1.82, 2.24) is 0 Å². The molecule has 0 unspecified atom stereocenters. The zero-order valence-electron chi connectivity index (χ0n) is 6.73. The summed E-state index contributed by atoms with van der Waals surface area (Å²) in [5.41, 5.74) is 2.62. The van der Waals surface area contributed by atoms with Gasteiger partial charge in [0.2, 0.25) is 0 Å². The van der Waals surface area contributed by atoms with Crippen LogP contribution in [-0.2, 0) is 0 Å². The molecule has 1 amide bonds. The van der Waals surface area contributed by atoms with E-state index in [0.29, 0.717) is 12.1 Å². The molecule has 0 aliphatic carbocycles. The third-order valence-electron chi connectivity index (χ3n) is 1.57. The Balaban J connectivity index is 3.40. The minimum atomic E-state index is -3.19. The van der Waals surface area contributed by atoms with E-state index in [2.05, 4.69) is 5.73 Å². The van der Waals surface area contributed by atoms with Crippen LogP contribution in [0.4, 0.5) is 17.6 Å². The van der Waals surface area contributed by atoms with Gasteiger partial charge in [0.15, 0.2) is 0 Å². The first-order chi connectivity index (χ1) is 6.43. The van der Waals surface area contributed by atoms with Crippen molar-refractivity contribution in [3.05, 3.63) is 34.9 Å². The Morgan fingerprint density at radius 3 is 2.29 bits per heavy atom. The van der Waals surface area contributed by atoms with Crippen LogP contribution in [0.5, 0.6) is 0 Å². The van der Waals surface area contributed by atoms with E-state index < -0.39 is 35.1 Å². The molecule has 0 heterocycles. The molecular weight excluding hydrogens is 202 g/mol. The maximum Gasteiger partial charge on any atom is 0.266 e. The van der Waals surface area contributed by atoms with Crippen molar-refractivity contribution in [3.8, 4) is 0 Å². The van der Waals surface area contributed by atoms with Crippen LogP contribution in [-0.4, -0.2) is 5.91 Å². The third kappa shape index (κ3) is 1.84. The summed E-state index contributed by atoms with van der Waals surface area (Å²) < 4.78 is 49.8. The van der Waals surface area contributed by atoms with Gasteiger partial charge in [0.1, 0.15) is 11.6 Å². The Morgan fingerprint density at radius 1 is 1.29 bits per heavy atom. The third-order valence-corrected chi connectivity index (χ3v) is 1.57. The molecule has 0 saturated heterocycles. The highest BCUT2D eigenvalue weighted by molar-refractivity contribution is 5.93. The van der Waals surface area contributed by atoms with E-state index in [0.717, 1.165) is 0 Å². The van der Waals surface area contributed by atoms with Crippen LogP contribution in [0.25, 0.3) is 0 Å². The SMILES string of the molecule is NC(=O)c1cc(F)cc(C(F)F)c1F. The Hall–Kier alpha value is -1.59. The average Bonchev–Trinajstić information content (AvgIpc) is 2.07. The van der Waals surface area contributed by atoms with Crippen molar-refractivity contribution >= 4 is 5.91 Å². The molecule has 0 radical (unpaired) electrons. The molecule has 6 heteroatoms. The van der Waals surface area contributed by atoms with Crippen molar-refractivity contribution in [1.29, 1.82) is 0 Å². The number of benzene rings is 1. The Bertz CT molecular complexity index is 378. The molecular formula is C8H5F4NO. The molecule has 76 valence electrons. The zero-order valence-corrected chi connectivity index (χ0v) is 6.73. The van der Waals surface area contributed by atoms with Crippen molar-refractivity contribution < 1.29 is 22.4 Å². The van der Waals surface area contributed by atoms with Crippen LogP contribution < -0.4 is 5.73 Å². The quantitative estimate of drug-likeness (QED) is 0.740. The predicted molar refractivity (Wildman–Crippen MR) is 39.8 cm³/mol. The van der Waals surface area contributed by atoms with Crippen LogP contribution in [0.3, 0.4) is 0 Å². The molecule has 0 spiro atoms. The number of primary amides is 1. The van der Waals surface area contributed by atoms with Gasteiger partial charge in [-0.15, -0.1) is 0 Å². The van der Waals surface area contributed by atoms with Gasteiger partial charge in [-0.25, -0.2) is 17.6 Å². The predicted octanol–water partition coefficient (Wildman–Crippen LogP) is 2.00. The first kappa shape index (κ1) is 10.5. The molecule has 1 aromatic rings. The fraction of sp³-hybridized carbons (Fsp3) is 0.125. The van der Waals surface area contributed by atoms with E-state index in [9.17, 15) is 22.4 Å². The van der Waals surface area contributed by atoms with Crippen LogP contribution in [0.1, 0.15) is 22.3 Å². The molecule has 0 atom stereocenters. The van der Waals surface area contributed by atoms with Crippen molar-refractivity contribution in [2.24, 2.45) is 5.73 Å². The van der Waals surface area contributed by atoms with E-state index >= 15 is 0 Å². The number of rotatable bonds is 2. The van der Waals surface area contributed by atoms with E-state index in [1.165, 1.54) is 0 Å². The average molecular weight is 207 g/mol. The maximum atomic E-state index is 13.0. The normalized spacial score (nSPS) is 10.6. The van der Waals surface area contributed by atoms with Crippen molar-refractivity contribution in [2.75, 3.05) is 0 Å². The van der Waals surface area contributed by atoms with Gasteiger partial charge in [-0.3, -0.25) is 4.79 Å². The largest absolute Gasteiger partial charge is 0.366 e. The number of carbonyl (C=O) groups excluding carboxylic acids is 1. The van der Waals surface area contributed by atoms with Gasteiger partial charge in [0, 0.05) is 0 Å². The number of halogens is 4. The van der Waals surface area contributed by atoms with Crippen LogP contribution >= 0.6 is 0 Å². The summed E-state index contributed by atoms with van der Waals surface area (Å²) in [4.78, 5) is 10.5. The minimum absolute atomic E-state index is 0.326. The topological polar surface area (TPSA) is 43.1 Å². The number of amides is 1. The highest BCUT2D eigenvalue weighted by Gasteiger charge is 2.20. The van der Waals surface area contributed by atoms with E-state index in [1.54, 1.807) is 0 Å². The van der Waals surface area contributed by atoms with Crippen LogP contribution in [0, 0.1) is 11.6 Å². The van der Waals surface area contributed by atoms with Gasteiger partial charge >= 0.3 is 0 Å². The molecule has 0 fully saturated rings. The molecule has 0 aliphatic rings. The Morgan fingerprint density at radius 2 is 1.86 bits per heavy atom. The highest BCUT2D eigenvalue weighted by Crippen LogP contribution is 2.25. The lowest BCUT2D eigenvalue weighted by Gasteiger charge is -2.05. The number of alkyl halides is 2. The molecule has 0 aliphatic heterocycles. The molecule has 1 rings (SSSR count). The monoisotopic (exact) mass is 207 g/mol. The molecule has 2 nitrogen and oxygen atoms in total. The van der Waals surface area contributed by atoms with Crippen LogP contribution in [0.2, 0.25) is 0 Å². The van der Waals surface area contributed by atoms with E-state index in [1.807, 2.05) is 0 Å². The Kier molecular flexibility index (Phi) is 2.73. The van der Waals surface area contributed by atoms with Crippen molar-refractivity contribution in [3.63, 3.8) is 0 Å². The second-order valence-electron chi connectivity index (χ2n) is 2.52. The van der Waals surface area contributed by atoms with Crippen molar-refractivity contribution in [2.45, 2.75) is 6.43 Å². The summed E-state index contributed by atoms with van der Waals surface area (Å²) in [5, 5.41) is 0. The molecule has 1 aromatic carbocycles. The first-order valence-corrected chi connectivity index (χ1v) is 3.50. The summed E-state index contributed by atoms with van der Waals surface area (Å²) in [6, 6.07) is 0.802. The summed E-state index contributed by atoms with van der Waals surface area (Å²) in [7, 11) is 0. The van der Waals surface area contributed by atoms with Gasteiger partial charge in [0.25, 0.3) is 12.3 Å². The van der Waals surface area contributed by atoms with E-state index in [-0.39, 0.29) is 0 Å². The lowest BCUT2D eigenvalue weighted by Crippen LogP contribution is -2.15. The standard InChI is InChI=1S/C8H5F4NO/c9-3-1-4(7(11)12)6(10)5(2-3)8(13)14/h1-2,7H,(H2,13,14). The zero-order chi connectivity index (χ0) is 10.9. The fourth-order valence-corrected chi connectivity index (χ4v) is 0.948. The number of carbonyl (C=O) groups is 1. The second-order valence-corrected chi connectivity index (χ2v) is 2.52. The van der Waals surface area contributed by atoms with Gasteiger partial charge in [-0.1, -0.05) is 0 Å². The molecule has 14 heavy (non-hydrogen) atoms. The second kappa shape index (κ2) is 3.65. The molecule has 0 aromatic heterocycles. The summed E-state index contributed by atoms with van der Waals surface area (Å²) >= 11 is 0. The smallest absolute Gasteiger partial charge is 0.266 e.